The summed E-state index contributed by atoms with van der Waals surface area (Å²) in [6, 6.07) is 3.07. The molecule has 0 unspecified atom stereocenters. The van der Waals surface area contributed by atoms with Crippen molar-refractivity contribution >= 4 is 29.1 Å². The molecule has 0 aromatic carbocycles. The number of hydrogen-bond donors (Lipinski definition) is 1. The van der Waals surface area contributed by atoms with Crippen molar-refractivity contribution in [1.29, 1.82) is 0 Å². The lowest BCUT2D eigenvalue weighted by molar-refractivity contribution is -0.141. The molecule has 3 rings (SSSR count). The minimum absolute atomic E-state index is 0.251. The van der Waals surface area contributed by atoms with E-state index in [9.17, 15) is 26.7 Å². The molecule has 6 nitrogen and oxygen atoms in total. The molecule has 0 radical (unpaired) electrons. The molecular weight excluding hydrogens is 456 g/mol. The van der Waals surface area contributed by atoms with Crippen molar-refractivity contribution in [3.63, 3.8) is 0 Å². The molecular formula is C17H10Cl2F5N5O. The van der Waals surface area contributed by atoms with E-state index in [2.05, 4.69) is 15.1 Å². The number of carbonyl (C=O) groups is 1. The maximum absolute atomic E-state index is 14.5. The second-order valence-electron chi connectivity index (χ2n) is 5.91. The van der Waals surface area contributed by atoms with Crippen LogP contribution < -0.4 is 5.32 Å². The quantitative estimate of drug-likeness (QED) is 0.562. The van der Waals surface area contributed by atoms with Crippen molar-refractivity contribution in [1.82, 2.24) is 25.1 Å². The van der Waals surface area contributed by atoms with Gasteiger partial charge >= 0.3 is 12.1 Å². The van der Waals surface area contributed by atoms with Crippen LogP contribution in [0.25, 0.3) is 5.69 Å². The van der Waals surface area contributed by atoms with E-state index in [0.717, 1.165) is 30.6 Å². The van der Waals surface area contributed by atoms with Crippen molar-refractivity contribution in [2.75, 3.05) is 6.54 Å². The Balaban J connectivity index is 1.78. The van der Waals surface area contributed by atoms with Gasteiger partial charge in [0.2, 0.25) is 0 Å². The molecule has 30 heavy (non-hydrogen) atoms. The van der Waals surface area contributed by atoms with E-state index >= 15 is 0 Å². The van der Waals surface area contributed by atoms with Crippen molar-refractivity contribution < 1.29 is 26.7 Å². The van der Waals surface area contributed by atoms with Gasteiger partial charge in [0.05, 0.1) is 40.2 Å². The van der Waals surface area contributed by atoms with Gasteiger partial charge in [0.1, 0.15) is 5.69 Å². The Kier molecular flexibility index (Phi) is 5.95. The van der Waals surface area contributed by atoms with E-state index in [1.165, 1.54) is 17.1 Å². The standard InChI is InChI=1S/C17H10Cl2F5N5O/c18-9-5-28-29(7-9)10-4-12(19)14(26-6-10)16(20,21)8-27-15(30)11-2-1-3-25-13(11)17(22,23)24/h1-7H,8H2,(H,27,30). The lowest BCUT2D eigenvalue weighted by Crippen LogP contribution is -2.36. The molecule has 3 heterocycles. The van der Waals surface area contributed by atoms with E-state index in [0.29, 0.717) is 5.02 Å². The molecule has 0 aliphatic rings. The average Bonchev–Trinajstić information content (AvgIpc) is 3.11. The van der Waals surface area contributed by atoms with Gasteiger partial charge < -0.3 is 5.32 Å². The molecule has 0 saturated heterocycles. The third-order valence-electron chi connectivity index (χ3n) is 3.78. The predicted molar refractivity (Wildman–Crippen MR) is 96.8 cm³/mol. The fourth-order valence-electron chi connectivity index (χ4n) is 2.45. The van der Waals surface area contributed by atoms with E-state index < -0.39 is 46.5 Å². The van der Waals surface area contributed by atoms with Gasteiger partial charge in [-0.3, -0.25) is 14.8 Å². The van der Waals surface area contributed by atoms with Crippen LogP contribution in [0.5, 0.6) is 0 Å². The lowest BCUT2D eigenvalue weighted by Gasteiger charge is -2.19. The molecule has 0 aliphatic carbocycles. The largest absolute Gasteiger partial charge is 0.434 e. The summed E-state index contributed by atoms with van der Waals surface area (Å²) >= 11 is 11.6. The zero-order valence-corrected chi connectivity index (χ0v) is 16.1. The Labute approximate surface area is 175 Å². The predicted octanol–water partition coefficient (Wildman–Crippen LogP) is 4.51. The molecule has 13 heteroatoms. The van der Waals surface area contributed by atoms with E-state index in [1.807, 2.05) is 0 Å². The molecule has 0 aliphatic heterocycles. The maximum Gasteiger partial charge on any atom is 0.434 e. The van der Waals surface area contributed by atoms with Gasteiger partial charge in [-0.15, -0.1) is 0 Å². The first kappa shape index (κ1) is 21.9. The Morgan fingerprint density at radius 2 is 1.83 bits per heavy atom. The molecule has 0 bridgehead atoms. The molecule has 1 N–H and O–H groups in total. The van der Waals surface area contributed by atoms with Crippen LogP contribution in [0.2, 0.25) is 10.0 Å². The summed E-state index contributed by atoms with van der Waals surface area (Å²) in [7, 11) is 0. The van der Waals surface area contributed by atoms with Gasteiger partial charge in [0.15, 0.2) is 5.69 Å². The Hall–Kier alpha value is -2.79. The third-order valence-corrected chi connectivity index (χ3v) is 4.26. The van der Waals surface area contributed by atoms with Crippen LogP contribution in [-0.2, 0) is 12.1 Å². The van der Waals surface area contributed by atoms with Crippen LogP contribution >= 0.6 is 23.2 Å². The van der Waals surface area contributed by atoms with Gasteiger partial charge in [-0.05, 0) is 18.2 Å². The lowest BCUT2D eigenvalue weighted by atomic mass is 10.1. The zero-order chi connectivity index (χ0) is 22.1. The summed E-state index contributed by atoms with van der Waals surface area (Å²) < 4.78 is 69.1. The summed E-state index contributed by atoms with van der Waals surface area (Å²) in [5.74, 6) is -5.14. The van der Waals surface area contributed by atoms with Gasteiger partial charge in [0, 0.05) is 12.4 Å². The molecule has 0 saturated carbocycles. The molecule has 0 spiro atoms. The number of nitrogens with one attached hydrogen (secondary N) is 1. The number of hydrogen-bond acceptors (Lipinski definition) is 4. The summed E-state index contributed by atoms with van der Waals surface area (Å²) in [5, 5.41) is 5.52. The zero-order valence-electron chi connectivity index (χ0n) is 14.6. The first-order chi connectivity index (χ1) is 14.0. The van der Waals surface area contributed by atoms with Gasteiger partial charge in [-0.1, -0.05) is 23.2 Å². The van der Waals surface area contributed by atoms with Gasteiger partial charge in [-0.2, -0.15) is 27.1 Å². The molecule has 0 fully saturated rings. The topological polar surface area (TPSA) is 72.7 Å². The number of aromatic nitrogens is 4. The minimum Gasteiger partial charge on any atom is -0.345 e. The fraction of sp³-hybridized carbons (Fsp3) is 0.176. The van der Waals surface area contributed by atoms with E-state index in [1.54, 1.807) is 5.32 Å². The highest BCUT2D eigenvalue weighted by Crippen LogP contribution is 2.33. The first-order valence-electron chi connectivity index (χ1n) is 8.04. The molecule has 0 atom stereocenters. The smallest absolute Gasteiger partial charge is 0.345 e. The molecule has 1 amide bonds. The summed E-state index contributed by atoms with van der Waals surface area (Å²) in [4.78, 5) is 18.8. The first-order valence-corrected chi connectivity index (χ1v) is 8.79. The monoisotopic (exact) mass is 465 g/mol. The normalized spacial score (nSPS) is 12.1. The van der Waals surface area contributed by atoms with Crippen molar-refractivity contribution in [2.24, 2.45) is 0 Å². The number of carbonyl (C=O) groups excluding carboxylic acids is 1. The van der Waals surface area contributed by atoms with Crippen LogP contribution in [0.1, 0.15) is 21.7 Å². The van der Waals surface area contributed by atoms with Crippen LogP contribution in [0, 0.1) is 0 Å². The van der Waals surface area contributed by atoms with E-state index in [4.69, 9.17) is 23.2 Å². The van der Waals surface area contributed by atoms with Crippen LogP contribution in [-0.4, -0.2) is 32.2 Å². The van der Waals surface area contributed by atoms with E-state index in [-0.39, 0.29) is 5.69 Å². The highest BCUT2D eigenvalue weighted by atomic mass is 35.5. The summed E-state index contributed by atoms with van der Waals surface area (Å²) in [5.41, 5.74) is -2.98. The Bertz CT molecular complexity index is 1090. The second-order valence-corrected chi connectivity index (χ2v) is 6.76. The van der Waals surface area contributed by atoms with Crippen LogP contribution in [0.3, 0.4) is 0 Å². The highest BCUT2D eigenvalue weighted by molar-refractivity contribution is 6.31. The second kappa shape index (κ2) is 8.15. The number of halogens is 7. The third kappa shape index (κ3) is 4.68. The summed E-state index contributed by atoms with van der Waals surface area (Å²) in [6.45, 7) is -1.34. The molecule has 3 aromatic rings. The van der Waals surface area contributed by atoms with Crippen molar-refractivity contribution in [3.8, 4) is 5.69 Å². The van der Waals surface area contributed by atoms with Gasteiger partial charge in [0.25, 0.3) is 5.91 Å². The highest BCUT2D eigenvalue weighted by Gasteiger charge is 2.39. The number of amides is 1. The number of rotatable bonds is 5. The number of nitrogens with zero attached hydrogens (tertiary/aromatic N) is 4. The SMILES string of the molecule is O=C(NCC(F)(F)c1ncc(-n2cc(Cl)cn2)cc1Cl)c1cccnc1C(F)(F)F. The summed E-state index contributed by atoms with van der Waals surface area (Å²) in [6.07, 6.45) is -0.303. The average molecular weight is 466 g/mol. The minimum atomic E-state index is -4.92. The Morgan fingerprint density at radius 1 is 1.10 bits per heavy atom. The van der Waals surface area contributed by atoms with Crippen LogP contribution in [0.15, 0.2) is 43.0 Å². The maximum atomic E-state index is 14.5. The number of alkyl halides is 5. The van der Waals surface area contributed by atoms with Crippen molar-refractivity contribution in [3.05, 3.63) is 70.0 Å². The molecule has 3 aromatic heterocycles. The van der Waals surface area contributed by atoms with Crippen molar-refractivity contribution in [2.45, 2.75) is 12.1 Å². The van der Waals surface area contributed by atoms with Crippen LogP contribution in [0.4, 0.5) is 22.0 Å². The number of pyridine rings is 2. The fourth-order valence-corrected chi connectivity index (χ4v) is 2.88. The Morgan fingerprint density at radius 3 is 2.43 bits per heavy atom. The molecule has 158 valence electrons. The van der Waals surface area contributed by atoms with Gasteiger partial charge in [-0.25, -0.2) is 4.68 Å².